The summed E-state index contributed by atoms with van der Waals surface area (Å²) in [4.78, 5) is 2.05. The van der Waals surface area contributed by atoms with E-state index in [1.807, 2.05) is 0 Å². The summed E-state index contributed by atoms with van der Waals surface area (Å²) in [5.74, 6) is 0. The lowest BCUT2D eigenvalue weighted by Gasteiger charge is -2.28. The zero-order chi connectivity index (χ0) is 9.68. The fourth-order valence-electron chi connectivity index (χ4n) is 1.45. The molecule has 5 nitrogen and oxygen atoms in total. The van der Waals surface area contributed by atoms with Crippen molar-refractivity contribution in [2.24, 2.45) is 5.16 Å². The van der Waals surface area contributed by atoms with Crippen molar-refractivity contribution >= 4 is 5.71 Å². The summed E-state index contributed by atoms with van der Waals surface area (Å²) in [6, 6.07) is 0. The van der Waals surface area contributed by atoms with Crippen LogP contribution in [0.25, 0.3) is 0 Å². The van der Waals surface area contributed by atoms with Crippen molar-refractivity contribution in [2.45, 2.75) is 18.9 Å². The van der Waals surface area contributed by atoms with Crippen LogP contribution in [0.5, 0.6) is 0 Å². The minimum absolute atomic E-state index is 0.197. The molecule has 1 saturated heterocycles. The minimum atomic E-state index is -0.660. The van der Waals surface area contributed by atoms with Gasteiger partial charge in [-0.1, -0.05) is 5.16 Å². The van der Waals surface area contributed by atoms with Gasteiger partial charge in [0.25, 0.3) is 0 Å². The number of hydrogen-bond acceptors (Lipinski definition) is 5. The number of nitrogens with zero attached hydrogens (tertiary/aromatic N) is 2. The van der Waals surface area contributed by atoms with E-state index in [2.05, 4.69) is 10.1 Å². The van der Waals surface area contributed by atoms with Crippen molar-refractivity contribution in [3.8, 4) is 0 Å². The first-order valence-corrected chi connectivity index (χ1v) is 4.47. The Morgan fingerprint density at radius 2 is 2.00 bits per heavy atom. The van der Waals surface area contributed by atoms with Gasteiger partial charge in [-0.3, -0.25) is 4.90 Å². The zero-order valence-electron chi connectivity index (χ0n) is 7.56. The first kappa shape index (κ1) is 10.4. The molecule has 1 aliphatic heterocycles. The first-order valence-electron chi connectivity index (χ1n) is 4.47. The van der Waals surface area contributed by atoms with Crippen LogP contribution in [0.1, 0.15) is 12.8 Å². The number of likely N-dealkylation sites (tertiary alicyclic amines) is 1. The number of rotatable bonds is 3. The summed E-state index contributed by atoms with van der Waals surface area (Å²) in [6.07, 6.45) is 0.830. The summed E-state index contributed by atoms with van der Waals surface area (Å²) in [5.41, 5.74) is 0.815. The largest absolute Gasteiger partial charge is 0.411 e. The molecular formula is C8H16N2O3. The molecule has 1 rings (SSSR count). The third-order valence-corrected chi connectivity index (χ3v) is 2.25. The van der Waals surface area contributed by atoms with Crippen LogP contribution in [0.3, 0.4) is 0 Å². The predicted molar refractivity (Wildman–Crippen MR) is 48.0 cm³/mol. The molecule has 3 N–H and O–H groups in total. The van der Waals surface area contributed by atoms with Gasteiger partial charge >= 0.3 is 0 Å². The molecule has 0 radical (unpaired) electrons. The van der Waals surface area contributed by atoms with Crippen molar-refractivity contribution < 1.29 is 15.4 Å². The number of aliphatic hydroxyl groups is 2. The van der Waals surface area contributed by atoms with Gasteiger partial charge in [-0.05, 0) is 0 Å². The Bertz CT molecular complexity index is 174. The predicted octanol–water partition coefficient (Wildman–Crippen LogP) is -0.734. The average Bonchev–Trinajstić information content (AvgIpc) is 2.19. The molecule has 0 aliphatic carbocycles. The molecule has 5 heteroatoms. The lowest BCUT2D eigenvalue weighted by Crippen LogP contribution is -2.40. The zero-order valence-corrected chi connectivity index (χ0v) is 7.56. The summed E-state index contributed by atoms with van der Waals surface area (Å²) >= 11 is 0. The molecule has 1 atom stereocenters. The highest BCUT2D eigenvalue weighted by Crippen LogP contribution is 2.07. The number of hydrogen-bond donors (Lipinski definition) is 3. The van der Waals surface area contributed by atoms with Crippen LogP contribution in [0.2, 0.25) is 0 Å². The average molecular weight is 188 g/mol. The van der Waals surface area contributed by atoms with Crippen LogP contribution < -0.4 is 0 Å². The molecule has 0 aromatic heterocycles. The number of aliphatic hydroxyl groups excluding tert-OH is 2. The Morgan fingerprint density at radius 1 is 1.38 bits per heavy atom. The SMILES string of the molecule is OCC(O)CN1CCC(=NO)CC1. The van der Waals surface area contributed by atoms with Gasteiger partial charge in [0.2, 0.25) is 0 Å². The van der Waals surface area contributed by atoms with E-state index in [9.17, 15) is 0 Å². The standard InChI is InChI=1S/C8H16N2O3/c11-6-8(12)5-10-3-1-7(9-13)2-4-10/h8,11-13H,1-6H2. The van der Waals surface area contributed by atoms with Crippen molar-refractivity contribution in [1.82, 2.24) is 4.90 Å². The second kappa shape index (κ2) is 5.16. The molecule has 1 unspecified atom stereocenters. The Balaban J connectivity index is 2.25. The van der Waals surface area contributed by atoms with Gasteiger partial charge in [-0.2, -0.15) is 0 Å². The van der Waals surface area contributed by atoms with Crippen LogP contribution in [0, 0.1) is 0 Å². The molecule has 0 spiro atoms. The molecule has 0 aromatic rings. The third-order valence-electron chi connectivity index (χ3n) is 2.25. The van der Waals surface area contributed by atoms with E-state index >= 15 is 0 Å². The van der Waals surface area contributed by atoms with E-state index in [1.165, 1.54) is 0 Å². The normalized spacial score (nSPS) is 21.5. The second-order valence-electron chi connectivity index (χ2n) is 3.30. The first-order chi connectivity index (χ1) is 6.26. The van der Waals surface area contributed by atoms with Crippen molar-refractivity contribution in [2.75, 3.05) is 26.2 Å². The van der Waals surface area contributed by atoms with Crippen LogP contribution in [-0.2, 0) is 0 Å². The Labute approximate surface area is 77.3 Å². The molecule has 1 heterocycles. The Hall–Kier alpha value is -0.650. The maximum absolute atomic E-state index is 9.16. The van der Waals surface area contributed by atoms with Crippen LogP contribution in [0.15, 0.2) is 5.16 Å². The summed E-state index contributed by atoms with van der Waals surface area (Å²) in [6.45, 7) is 1.87. The van der Waals surface area contributed by atoms with Gasteiger partial charge in [-0.25, -0.2) is 0 Å². The molecule has 0 saturated carbocycles. The maximum atomic E-state index is 9.16. The van der Waals surface area contributed by atoms with Gasteiger partial charge in [-0.15, -0.1) is 0 Å². The second-order valence-corrected chi connectivity index (χ2v) is 3.30. The smallest absolute Gasteiger partial charge is 0.0897 e. The van der Waals surface area contributed by atoms with E-state index in [0.29, 0.717) is 6.54 Å². The van der Waals surface area contributed by atoms with E-state index in [4.69, 9.17) is 15.4 Å². The molecule has 1 aliphatic rings. The maximum Gasteiger partial charge on any atom is 0.0897 e. The molecule has 13 heavy (non-hydrogen) atoms. The molecule has 0 bridgehead atoms. The topological polar surface area (TPSA) is 76.3 Å². The lowest BCUT2D eigenvalue weighted by molar-refractivity contribution is 0.0587. The number of β-amino-alcohol motifs (C(OH)–C–C–N with tert-alkyl or cyclic N) is 1. The van der Waals surface area contributed by atoms with E-state index in [0.717, 1.165) is 31.6 Å². The number of piperidine rings is 1. The highest BCUT2D eigenvalue weighted by Gasteiger charge is 2.17. The lowest BCUT2D eigenvalue weighted by atomic mass is 10.1. The highest BCUT2D eigenvalue weighted by atomic mass is 16.4. The molecular weight excluding hydrogens is 172 g/mol. The molecule has 0 aromatic carbocycles. The van der Waals surface area contributed by atoms with Gasteiger partial charge in [0.1, 0.15) is 0 Å². The molecule has 0 amide bonds. The van der Waals surface area contributed by atoms with Crippen molar-refractivity contribution in [3.63, 3.8) is 0 Å². The highest BCUT2D eigenvalue weighted by molar-refractivity contribution is 5.84. The van der Waals surface area contributed by atoms with Gasteiger partial charge in [0.15, 0.2) is 0 Å². The fraction of sp³-hybridized carbons (Fsp3) is 0.875. The summed E-state index contributed by atoms with van der Waals surface area (Å²) in [7, 11) is 0. The van der Waals surface area contributed by atoms with Gasteiger partial charge in [0, 0.05) is 32.5 Å². The van der Waals surface area contributed by atoms with Crippen LogP contribution in [-0.4, -0.2) is 58.4 Å². The number of oxime groups is 1. The Morgan fingerprint density at radius 3 is 2.46 bits per heavy atom. The van der Waals surface area contributed by atoms with E-state index in [1.54, 1.807) is 0 Å². The fourth-order valence-corrected chi connectivity index (χ4v) is 1.45. The van der Waals surface area contributed by atoms with Gasteiger partial charge < -0.3 is 15.4 Å². The van der Waals surface area contributed by atoms with Crippen LogP contribution >= 0.6 is 0 Å². The summed E-state index contributed by atoms with van der Waals surface area (Å²) < 4.78 is 0. The minimum Gasteiger partial charge on any atom is -0.411 e. The molecule has 76 valence electrons. The monoisotopic (exact) mass is 188 g/mol. The quantitative estimate of drug-likeness (QED) is 0.403. The Kier molecular flexibility index (Phi) is 4.14. The van der Waals surface area contributed by atoms with Crippen molar-refractivity contribution in [3.05, 3.63) is 0 Å². The summed E-state index contributed by atoms with van der Waals surface area (Å²) in [5, 5.41) is 29.4. The third kappa shape index (κ3) is 3.30. The van der Waals surface area contributed by atoms with Crippen LogP contribution in [0.4, 0.5) is 0 Å². The van der Waals surface area contributed by atoms with E-state index < -0.39 is 6.10 Å². The van der Waals surface area contributed by atoms with Crippen molar-refractivity contribution in [1.29, 1.82) is 0 Å². The van der Waals surface area contributed by atoms with E-state index in [-0.39, 0.29) is 6.61 Å². The van der Waals surface area contributed by atoms with Gasteiger partial charge in [0.05, 0.1) is 18.4 Å². The molecule has 1 fully saturated rings.